The minimum atomic E-state index is 0.684. The Bertz CT molecular complexity index is 478. The van der Waals surface area contributed by atoms with Crippen LogP contribution in [-0.2, 0) is 12.8 Å². The zero-order valence-corrected chi connectivity index (χ0v) is 12.6. The second kappa shape index (κ2) is 6.10. The number of rotatable bonds is 5. The van der Waals surface area contributed by atoms with Crippen LogP contribution in [0, 0.1) is 11.8 Å². The fourth-order valence-electron chi connectivity index (χ4n) is 2.67. The zero-order chi connectivity index (χ0) is 13.8. The van der Waals surface area contributed by atoms with Crippen molar-refractivity contribution >= 4 is 0 Å². The van der Waals surface area contributed by atoms with Gasteiger partial charge in [-0.3, -0.25) is 0 Å². The second-order valence-electron chi connectivity index (χ2n) is 6.21. The number of hydrogen-bond acceptors (Lipinski definition) is 0. The quantitative estimate of drug-likeness (QED) is 0.718. The molecule has 0 aliphatic carbocycles. The molecule has 0 aliphatic rings. The summed E-state index contributed by atoms with van der Waals surface area (Å²) in [6.45, 7) is 9.15. The molecule has 0 amide bonds. The molecule has 0 saturated heterocycles. The molecular weight excluding hydrogens is 230 g/mol. The van der Waals surface area contributed by atoms with Gasteiger partial charge in [0.05, 0.1) is 5.69 Å². The first-order valence-corrected chi connectivity index (χ1v) is 7.32. The van der Waals surface area contributed by atoms with Gasteiger partial charge in [0.15, 0.2) is 0 Å². The van der Waals surface area contributed by atoms with Crippen LogP contribution >= 0.6 is 0 Å². The van der Waals surface area contributed by atoms with Crippen LogP contribution in [0.3, 0.4) is 0 Å². The van der Waals surface area contributed by atoms with E-state index in [1.165, 1.54) is 16.8 Å². The average Bonchev–Trinajstić information content (AvgIpc) is 2.81. The van der Waals surface area contributed by atoms with Crippen molar-refractivity contribution in [2.45, 2.75) is 40.5 Å². The largest absolute Gasteiger partial charge is 0.323 e. The summed E-state index contributed by atoms with van der Waals surface area (Å²) in [5.41, 5.74) is 4.32. The molecule has 0 spiro atoms. The van der Waals surface area contributed by atoms with Gasteiger partial charge >= 0.3 is 0 Å². The minimum Gasteiger partial charge on any atom is -0.323 e. The van der Waals surface area contributed by atoms with Crippen molar-refractivity contribution in [1.82, 2.24) is 4.57 Å². The van der Waals surface area contributed by atoms with Crippen molar-refractivity contribution in [1.29, 1.82) is 0 Å². The first-order valence-electron chi connectivity index (χ1n) is 7.32. The first-order chi connectivity index (χ1) is 9.08. The molecule has 0 radical (unpaired) electrons. The molecule has 1 heteroatoms. The normalized spacial score (nSPS) is 11.5. The van der Waals surface area contributed by atoms with Crippen LogP contribution in [0.5, 0.6) is 0 Å². The second-order valence-corrected chi connectivity index (χ2v) is 6.21. The molecule has 1 aromatic carbocycles. The Morgan fingerprint density at radius 2 is 1.26 bits per heavy atom. The lowest BCUT2D eigenvalue weighted by atomic mass is 9.94. The Morgan fingerprint density at radius 1 is 0.789 bits per heavy atom. The molecule has 0 bridgehead atoms. The van der Waals surface area contributed by atoms with Crippen molar-refractivity contribution in [2.75, 3.05) is 0 Å². The third-order valence-electron chi connectivity index (χ3n) is 3.32. The van der Waals surface area contributed by atoms with E-state index in [9.17, 15) is 0 Å². The van der Waals surface area contributed by atoms with E-state index in [2.05, 4.69) is 75.0 Å². The van der Waals surface area contributed by atoms with Gasteiger partial charge in [-0.25, -0.2) is 0 Å². The Hall–Kier alpha value is -1.50. The highest BCUT2D eigenvalue weighted by Gasteiger charge is 2.12. The van der Waals surface area contributed by atoms with E-state index in [4.69, 9.17) is 0 Å². The predicted molar refractivity (Wildman–Crippen MR) is 82.9 cm³/mol. The Morgan fingerprint density at radius 3 is 1.68 bits per heavy atom. The Labute approximate surface area is 117 Å². The van der Waals surface area contributed by atoms with E-state index in [1.807, 2.05) is 0 Å². The lowest BCUT2D eigenvalue weighted by Crippen LogP contribution is -2.07. The van der Waals surface area contributed by atoms with E-state index in [0.717, 1.165) is 12.8 Å². The topological polar surface area (TPSA) is 4.93 Å². The highest BCUT2D eigenvalue weighted by Crippen LogP contribution is 2.25. The monoisotopic (exact) mass is 255 g/mol. The highest BCUT2D eigenvalue weighted by molar-refractivity contribution is 5.49. The molecule has 0 N–H and O–H groups in total. The van der Waals surface area contributed by atoms with Crippen LogP contribution in [0.25, 0.3) is 5.69 Å². The van der Waals surface area contributed by atoms with Crippen LogP contribution in [0.2, 0.25) is 0 Å². The third-order valence-corrected chi connectivity index (χ3v) is 3.32. The van der Waals surface area contributed by atoms with Gasteiger partial charge in [-0.1, -0.05) is 45.9 Å². The van der Waals surface area contributed by atoms with Crippen LogP contribution < -0.4 is 0 Å². The summed E-state index contributed by atoms with van der Waals surface area (Å²) in [4.78, 5) is 0. The predicted octanol–water partition coefficient (Wildman–Crippen LogP) is 4.87. The van der Waals surface area contributed by atoms with Gasteiger partial charge in [0, 0.05) is 12.4 Å². The number of benzene rings is 1. The molecule has 102 valence electrons. The SMILES string of the molecule is CC(C)Cc1cccc(CC(C)C)c1-n1cccc1. The third kappa shape index (κ3) is 3.50. The van der Waals surface area contributed by atoms with E-state index >= 15 is 0 Å². The molecule has 0 fully saturated rings. The lowest BCUT2D eigenvalue weighted by molar-refractivity contribution is 0.631. The van der Waals surface area contributed by atoms with Gasteiger partial charge in [0.1, 0.15) is 0 Å². The van der Waals surface area contributed by atoms with Crippen molar-refractivity contribution in [3.8, 4) is 5.69 Å². The molecule has 1 nitrogen and oxygen atoms in total. The van der Waals surface area contributed by atoms with Crippen LogP contribution in [0.1, 0.15) is 38.8 Å². The summed E-state index contributed by atoms with van der Waals surface area (Å²) in [6, 6.07) is 11.0. The smallest absolute Gasteiger partial charge is 0.0513 e. The fraction of sp³-hybridized carbons (Fsp3) is 0.444. The zero-order valence-electron chi connectivity index (χ0n) is 12.6. The molecule has 0 unspecified atom stereocenters. The summed E-state index contributed by atoms with van der Waals surface area (Å²) >= 11 is 0. The summed E-state index contributed by atoms with van der Waals surface area (Å²) < 4.78 is 2.27. The maximum atomic E-state index is 2.29. The van der Waals surface area contributed by atoms with E-state index in [0.29, 0.717) is 11.8 Å². The summed E-state index contributed by atoms with van der Waals surface area (Å²) in [7, 11) is 0. The maximum Gasteiger partial charge on any atom is 0.0513 e. The molecule has 2 aromatic rings. The van der Waals surface area contributed by atoms with Gasteiger partial charge in [-0.05, 0) is 47.9 Å². The van der Waals surface area contributed by atoms with E-state index < -0.39 is 0 Å². The molecular formula is C18H25N. The molecule has 19 heavy (non-hydrogen) atoms. The summed E-state index contributed by atoms with van der Waals surface area (Å²) in [5, 5.41) is 0. The van der Waals surface area contributed by atoms with Gasteiger partial charge in [-0.15, -0.1) is 0 Å². The molecule has 1 heterocycles. The Balaban J connectivity index is 2.49. The summed E-state index contributed by atoms with van der Waals surface area (Å²) in [5.74, 6) is 1.37. The number of para-hydroxylation sites is 1. The van der Waals surface area contributed by atoms with Crippen LogP contribution in [0.15, 0.2) is 42.7 Å². The standard InChI is InChI=1S/C18H25N/c1-14(2)12-16-8-7-9-17(13-15(3)4)18(16)19-10-5-6-11-19/h5-11,14-15H,12-13H2,1-4H3. The Kier molecular flexibility index (Phi) is 4.47. The van der Waals surface area contributed by atoms with Crippen molar-refractivity contribution in [3.05, 3.63) is 53.9 Å². The molecule has 0 saturated carbocycles. The molecule has 1 aromatic heterocycles. The van der Waals surface area contributed by atoms with Crippen molar-refractivity contribution < 1.29 is 0 Å². The maximum absolute atomic E-state index is 2.29. The fourth-order valence-corrected chi connectivity index (χ4v) is 2.67. The van der Waals surface area contributed by atoms with Gasteiger partial charge in [0.2, 0.25) is 0 Å². The molecule has 0 aliphatic heterocycles. The molecule has 2 rings (SSSR count). The van der Waals surface area contributed by atoms with E-state index in [1.54, 1.807) is 0 Å². The number of hydrogen-bond donors (Lipinski definition) is 0. The van der Waals surface area contributed by atoms with Crippen LogP contribution in [0.4, 0.5) is 0 Å². The van der Waals surface area contributed by atoms with Crippen molar-refractivity contribution in [3.63, 3.8) is 0 Å². The summed E-state index contributed by atoms with van der Waals surface area (Å²) in [6.07, 6.45) is 6.59. The molecule has 0 atom stereocenters. The van der Waals surface area contributed by atoms with Crippen LogP contribution in [-0.4, -0.2) is 4.57 Å². The van der Waals surface area contributed by atoms with Gasteiger partial charge in [0.25, 0.3) is 0 Å². The average molecular weight is 255 g/mol. The van der Waals surface area contributed by atoms with Crippen molar-refractivity contribution in [2.24, 2.45) is 11.8 Å². The highest BCUT2D eigenvalue weighted by atomic mass is 14.9. The van der Waals surface area contributed by atoms with Gasteiger partial charge < -0.3 is 4.57 Å². The van der Waals surface area contributed by atoms with E-state index in [-0.39, 0.29) is 0 Å². The minimum absolute atomic E-state index is 0.684. The van der Waals surface area contributed by atoms with Gasteiger partial charge in [-0.2, -0.15) is 0 Å². The number of aromatic nitrogens is 1. The number of nitrogens with zero attached hydrogens (tertiary/aromatic N) is 1. The lowest BCUT2D eigenvalue weighted by Gasteiger charge is -2.18. The first kappa shape index (κ1) is 13.9.